The van der Waals surface area contributed by atoms with Crippen molar-refractivity contribution in [2.24, 2.45) is 0 Å². The summed E-state index contributed by atoms with van der Waals surface area (Å²) in [5.41, 5.74) is 1.25. The molecule has 1 amide bonds. The third kappa shape index (κ3) is 6.01. The molecule has 168 valence electrons. The van der Waals surface area contributed by atoms with Gasteiger partial charge in [-0.15, -0.1) is 0 Å². The predicted octanol–water partition coefficient (Wildman–Crippen LogP) is 3.96. The van der Waals surface area contributed by atoms with Crippen molar-refractivity contribution >= 4 is 21.6 Å². The van der Waals surface area contributed by atoms with Crippen LogP contribution in [0, 0.1) is 0 Å². The standard InChI is InChI=1S/C24H26N2O5S/c1-18(24(27)25-17-19-9-13-21(30-2)14-10-19)26(32(3,28)29)20-11-15-23(16-12-20)31-22-7-5-4-6-8-22/h4-16,18H,17H2,1-3H3,(H,25,27). The molecule has 0 aliphatic heterocycles. The molecular formula is C24H26N2O5S. The maximum absolute atomic E-state index is 12.7. The molecule has 1 unspecified atom stereocenters. The Kier molecular flexibility index (Phi) is 7.37. The Balaban J connectivity index is 1.71. The molecule has 3 aromatic rings. The minimum absolute atomic E-state index is 0.272. The number of benzene rings is 3. The molecule has 0 aliphatic carbocycles. The quantitative estimate of drug-likeness (QED) is 0.529. The highest BCUT2D eigenvalue weighted by Gasteiger charge is 2.29. The predicted molar refractivity (Wildman–Crippen MR) is 125 cm³/mol. The third-order valence-electron chi connectivity index (χ3n) is 4.78. The van der Waals surface area contributed by atoms with Crippen molar-refractivity contribution in [3.8, 4) is 17.2 Å². The fourth-order valence-electron chi connectivity index (χ4n) is 3.17. The number of nitrogens with one attached hydrogen (secondary N) is 1. The molecule has 1 N–H and O–H groups in total. The second-order valence-corrected chi connectivity index (χ2v) is 9.07. The molecule has 0 spiro atoms. The highest BCUT2D eigenvalue weighted by atomic mass is 32.2. The molecule has 8 heteroatoms. The van der Waals surface area contributed by atoms with Crippen LogP contribution in [0.1, 0.15) is 12.5 Å². The van der Waals surface area contributed by atoms with Crippen molar-refractivity contribution in [3.63, 3.8) is 0 Å². The number of carbonyl (C=O) groups is 1. The van der Waals surface area contributed by atoms with E-state index in [2.05, 4.69) is 5.32 Å². The summed E-state index contributed by atoms with van der Waals surface area (Å²) in [6.45, 7) is 1.83. The number of hydrogen-bond donors (Lipinski definition) is 1. The van der Waals surface area contributed by atoms with E-state index >= 15 is 0 Å². The monoisotopic (exact) mass is 454 g/mol. The summed E-state index contributed by atoms with van der Waals surface area (Å²) in [5.74, 6) is 1.55. The lowest BCUT2D eigenvalue weighted by Crippen LogP contribution is -2.47. The highest BCUT2D eigenvalue weighted by Crippen LogP contribution is 2.27. The lowest BCUT2D eigenvalue weighted by Gasteiger charge is -2.28. The first-order valence-electron chi connectivity index (χ1n) is 10.0. The fraction of sp³-hybridized carbons (Fsp3) is 0.208. The van der Waals surface area contributed by atoms with Gasteiger partial charge in [0.2, 0.25) is 15.9 Å². The van der Waals surface area contributed by atoms with E-state index in [0.29, 0.717) is 17.2 Å². The van der Waals surface area contributed by atoms with Crippen LogP contribution in [0.2, 0.25) is 0 Å². The molecule has 7 nitrogen and oxygen atoms in total. The summed E-state index contributed by atoms with van der Waals surface area (Å²) >= 11 is 0. The second-order valence-electron chi connectivity index (χ2n) is 7.21. The van der Waals surface area contributed by atoms with Crippen molar-refractivity contribution < 1.29 is 22.7 Å². The summed E-state index contributed by atoms with van der Waals surface area (Å²) in [4.78, 5) is 12.7. The molecule has 0 saturated carbocycles. The minimum atomic E-state index is -3.71. The van der Waals surface area contributed by atoms with E-state index in [0.717, 1.165) is 21.9 Å². The van der Waals surface area contributed by atoms with Gasteiger partial charge in [-0.25, -0.2) is 8.42 Å². The first-order chi connectivity index (χ1) is 15.3. The number of para-hydroxylation sites is 1. The molecule has 0 aromatic heterocycles. The number of amides is 1. The van der Waals surface area contributed by atoms with E-state index in [1.54, 1.807) is 50.4 Å². The number of ether oxygens (including phenoxy) is 2. The van der Waals surface area contributed by atoms with Crippen LogP contribution in [-0.2, 0) is 21.4 Å². The van der Waals surface area contributed by atoms with E-state index in [4.69, 9.17) is 9.47 Å². The number of anilines is 1. The van der Waals surface area contributed by atoms with E-state index in [1.165, 1.54) is 0 Å². The van der Waals surface area contributed by atoms with Crippen molar-refractivity contribution in [1.29, 1.82) is 0 Å². The molecule has 1 atom stereocenters. The van der Waals surface area contributed by atoms with Gasteiger partial charge in [0.1, 0.15) is 23.3 Å². The van der Waals surface area contributed by atoms with Gasteiger partial charge in [-0.2, -0.15) is 0 Å². The van der Waals surface area contributed by atoms with Gasteiger partial charge in [-0.05, 0) is 61.0 Å². The number of nitrogens with zero attached hydrogens (tertiary/aromatic N) is 1. The van der Waals surface area contributed by atoms with Crippen LogP contribution in [-0.4, -0.2) is 33.7 Å². The third-order valence-corrected chi connectivity index (χ3v) is 6.03. The van der Waals surface area contributed by atoms with Crippen molar-refractivity contribution in [3.05, 3.63) is 84.4 Å². The van der Waals surface area contributed by atoms with E-state index in [9.17, 15) is 13.2 Å². The second kappa shape index (κ2) is 10.2. The maximum atomic E-state index is 12.7. The minimum Gasteiger partial charge on any atom is -0.497 e. The first kappa shape index (κ1) is 23.1. The fourth-order valence-corrected chi connectivity index (χ4v) is 4.35. The summed E-state index contributed by atoms with van der Waals surface area (Å²) < 4.78 is 37.0. The van der Waals surface area contributed by atoms with Gasteiger partial charge in [0.25, 0.3) is 0 Å². The normalized spacial score (nSPS) is 12.0. The Hall–Kier alpha value is -3.52. The first-order valence-corrected chi connectivity index (χ1v) is 11.9. The molecule has 3 rings (SSSR count). The van der Waals surface area contributed by atoms with Crippen LogP contribution in [0.4, 0.5) is 5.69 Å². The Morgan fingerprint density at radius 3 is 2.03 bits per heavy atom. The van der Waals surface area contributed by atoms with E-state index in [1.807, 2.05) is 42.5 Å². The molecule has 0 bridgehead atoms. The molecule has 3 aromatic carbocycles. The van der Waals surface area contributed by atoms with Crippen molar-refractivity contribution in [2.75, 3.05) is 17.7 Å². The molecule has 0 aliphatic rings. The van der Waals surface area contributed by atoms with Crippen LogP contribution in [0.5, 0.6) is 17.2 Å². The van der Waals surface area contributed by atoms with Crippen LogP contribution in [0.25, 0.3) is 0 Å². The van der Waals surface area contributed by atoms with Crippen molar-refractivity contribution in [1.82, 2.24) is 5.32 Å². The van der Waals surface area contributed by atoms with Gasteiger partial charge in [0.05, 0.1) is 19.1 Å². The lowest BCUT2D eigenvalue weighted by atomic mass is 10.2. The van der Waals surface area contributed by atoms with Gasteiger partial charge in [-0.3, -0.25) is 9.10 Å². The number of rotatable bonds is 9. The molecular weight excluding hydrogens is 428 g/mol. The average Bonchev–Trinajstić information content (AvgIpc) is 2.79. The smallest absolute Gasteiger partial charge is 0.243 e. The topological polar surface area (TPSA) is 84.9 Å². The largest absolute Gasteiger partial charge is 0.497 e. The summed E-state index contributed by atoms with van der Waals surface area (Å²) in [6, 6.07) is 22.2. The summed E-state index contributed by atoms with van der Waals surface area (Å²) in [5, 5.41) is 2.79. The Labute approximate surface area is 188 Å². The number of carbonyl (C=O) groups excluding carboxylic acids is 1. The van der Waals surface area contributed by atoms with Gasteiger partial charge in [-0.1, -0.05) is 30.3 Å². The van der Waals surface area contributed by atoms with Gasteiger partial charge >= 0.3 is 0 Å². The Morgan fingerprint density at radius 1 is 0.906 bits per heavy atom. The Bertz CT molecular complexity index is 1130. The summed E-state index contributed by atoms with van der Waals surface area (Å²) in [6.07, 6.45) is 1.08. The lowest BCUT2D eigenvalue weighted by molar-refractivity contribution is -0.122. The van der Waals surface area contributed by atoms with Crippen LogP contribution in [0.3, 0.4) is 0 Å². The van der Waals surface area contributed by atoms with Crippen molar-refractivity contribution in [2.45, 2.75) is 19.5 Å². The van der Waals surface area contributed by atoms with Gasteiger partial charge in [0.15, 0.2) is 0 Å². The van der Waals surface area contributed by atoms with Crippen LogP contribution in [0.15, 0.2) is 78.9 Å². The average molecular weight is 455 g/mol. The molecule has 32 heavy (non-hydrogen) atoms. The molecule has 0 saturated heterocycles. The Morgan fingerprint density at radius 2 is 1.47 bits per heavy atom. The summed E-state index contributed by atoms with van der Waals surface area (Å²) in [7, 11) is -2.13. The van der Waals surface area contributed by atoms with Crippen LogP contribution < -0.4 is 19.1 Å². The number of hydrogen-bond acceptors (Lipinski definition) is 5. The van der Waals surface area contributed by atoms with Gasteiger partial charge in [0, 0.05) is 6.54 Å². The number of methoxy groups -OCH3 is 1. The van der Waals surface area contributed by atoms with E-state index in [-0.39, 0.29) is 6.54 Å². The van der Waals surface area contributed by atoms with Crippen LogP contribution >= 0.6 is 0 Å². The zero-order valence-corrected chi connectivity index (χ0v) is 19.0. The SMILES string of the molecule is COc1ccc(CNC(=O)C(C)N(c2ccc(Oc3ccccc3)cc2)S(C)(=O)=O)cc1. The van der Waals surface area contributed by atoms with E-state index < -0.39 is 22.0 Å². The zero-order chi connectivity index (χ0) is 23.1. The molecule has 0 heterocycles. The number of sulfonamides is 1. The molecule has 0 fully saturated rings. The highest BCUT2D eigenvalue weighted by molar-refractivity contribution is 7.92. The molecule has 0 radical (unpaired) electrons. The zero-order valence-electron chi connectivity index (χ0n) is 18.2. The van der Waals surface area contributed by atoms with Gasteiger partial charge < -0.3 is 14.8 Å². The maximum Gasteiger partial charge on any atom is 0.243 e.